The number of amides is 1. The number of halogens is 1. The molecule has 26 heavy (non-hydrogen) atoms. The number of sulfonamides is 1. The Kier molecular flexibility index (Phi) is 5.94. The van der Waals surface area contributed by atoms with Gasteiger partial charge in [-0.15, -0.1) is 0 Å². The molecule has 1 amide bonds. The molecule has 0 radical (unpaired) electrons. The van der Waals surface area contributed by atoms with Crippen molar-refractivity contribution in [2.24, 2.45) is 0 Å². The van der Waals surface area contributed by atoms with Crippen LogP contribution >= 0.6 is 0 Å². The quantitative estimate of drug-likeness (QED) is 0.745. The minimum Gasteiger partial charge on any atom is -0.340 e. The van der Waals surface area contributed by atoms with Crippen molar-refractivity contribution < 1.29 is 17.6 Å². The SMILES string of the molecule is CN(Cc1ccc(F)cc1)C(=O)Cn1cc(S(=O)(=O)N(C)C)ccc1=O. The van der Waals surface area contributed by atoms with Gasteiger partial charge in [-0.25, -0.2) is 17.1 Å². The number of aromatic nitrogens is 1. The van der Waals surface area contributed by atoms with E-state index in [1.165, 1.54) is 37.2 Å². The standard InChI is InChI=1S/C17H20FN3O4S/c1-19(2)26(24,25)15-8-9-16(22)21(11-15)12-17(23)20(3)10-13-4-6-14(18)7-5-13/h4-9,11H,10,12H2,1-3H3. The monoisotopic (exact) mass is 381 g/mol. The molecule has 1 aromatic carbocycles. The minimum atomic E-state index is -3.71. The van der Waals surface area contributed by atoms with Gasteiger partial charge in [0.15, 0.2) is 0 Å². The number of hydrogen-bond donors (Lipinski definition) is 0. The summed E-state index contributed by atoms with van der Waals surface area (Å²) in [6.45, 7) is -0.0587. The molecule has 9 heteroatoms. The third-order valence-electron chi connectivity index (χ3n) is 3.80. The fourth-order valence-electron chi connectivity index (χ4n) is 2.21. The van der Waals surface area contributed by atoms with Gasteiger partial charge in [-0.2, -0.15) is 0 Å². The van der Waals surface area contributed by atoms with Gasteiger partial charge in [0.2, 0.25) is 15.9 Å². The molecule has 1 heterocycles. The van der Waals surface area contributed by atoms with Crippen LogP contribution in [-0.2, 0) is 27.9 Å². The number of nitrogens with zero attached hydrogens (tertiary/aromatic N) is 3. The first-order valence-corrected chi connectivity index (χ1v) is 9.16. The van der Waals surface area contributed by atoms with Crippen molar-refractivity contribution in [3.63, 3.8) is 0 Å². The summed E-state index contributed by atoms with van der Waals surface area (Å²) in [6, 6.07) is 8.05. The van der Waals surface area contributed by atoms with Crippen LogP contribution in [0.15, 0.2) is 52.3 Å². The van der Waals surface area contributed by atoms with Crippen molar-refractivity contribution in [3.8, 4) is 0 Å². The van der Waals surface area contributed by atoms with Crippen LogP contribution in [0.5, 0.6) is 0 Å². The highest BCUT2D eigenvalue weighted by atomic mass is 32.2. The molecule has 0 spiro atoms. The van der Waals surface area contributed by atoms with E-state index >= 15 is 0 Å². The van der Waals surface area contributed by atoms with Crippen molar-refractivity contribution in [2.45, 2.75) is 18.0 Å². The Morgan fingerprint density at radius 2 is 1.69 bits per heavy atom. The maximum atomic E-state index is 12.9. The van der Waals surface area contributed by atoms with Gasteiger partial charge < -0.3 is 9.47 Å². The molecule has 140 valence electrons. The second-order valence-electron chi connectivity index (χ2n) is 5.99. The predicted octanol–water partition coefficient (Wildman–Crippen LogP) is 0.896. The van der Waals surface area contributed by atoms with Crippen molar-refractivity contribution in [2.75, 3.05) is 21.1 Å². The van der Waals surface area contributed by atoms with Crippen LogP contribution in [0.3, 0.4) is 0 Å². The van der Waals surface area contributed by atoms with Gasteiger partial charge in [-0.3, -0.25) is 9.59 Å². The fraction of sp³-hybridized carbons (Fsp3) is 0.294. The number of likely N-dealkylation sites (N-methyl/N-ethyl adjacent to an activating group) is 1. The van der Waals surface area contributed by atoms with E-state index < -0.39 is 15.6 Å². The second kappa shape index (κ2) is 7.79. The Bertz CT molecular complexity index is 953. The third kappa shape index (κ3) is 4.55. The van der Waals surface area contributed by atoms with Crippen molar-refractivity contribution in [1.29, 1.82) is 0 Å². The molecule has 0 N–H and O–H groups in total. The largest absolute Gasteiger partial charge is 0.340 e. The Morgan fingerprint density at radius 1 is 1.08 bits per heavy atom. The molecular weight excluding hydrogens is 361 g/mol. The average Bonchev–Trinajstić information content (AvgIpc) is 2.58. The zero-order chi connectivity index (χ0) is 19.5. The normalized spacial score (nSPS) is 11.6. The molecule has 1 aromatic heterocycles. The van der Waals surface area contributed by atoms with E-state index in [1.54, 1.807) is 19.2 Å². The molecule has 2 rings (SSSR count). The number of carbonyl (C=O) groups excluding carboxylic acids is 1. The fourth-order valence-corrected chi connectivity index (χ4v) is 3.14. The predicted molar refractivity (Wildman–Crippen MR) is 94.4 cm³/mol. The lowest BCUT2D eigenvalue weighted by molar-refractivity contribution is -0.131. The number of hydrogen-bond acceptors (Lipinski definition) is 4. The molecule has 2 aromatic rings. The molecule has 0 aliphatic rings. The lowest BCUT2D eigenvalue weighted by Gasteiger charge is -2.18. The van der Waals surface area contributed by atoms with Crippen LogP contribution < -0.4 is 5.56 Å². The van der Waals surface area contributed by atoms with Crippen molar-refractivity contribution >= 4 is 15.9 Å². The molecule has 0 bridgehead atoms. The maximum Gasteiger partial charge on any atom is 0.251 e. The van der Waals surface area contributed by atoms with E-state index in [9.17, 15) is 22.4 Å². The summed E-state index contributed by atoms with van der Waals surface area (Å²) >= 11 is 0. The van der Waals surface area contributed by atoms with Crippen LogP contribution in [0.2, 0.25) is 0 Å². The van der Waals surface area contributed by atoms with E-state index in [1.807, 2.05) is 0 Å². The smallest absolute Gasteiger partial charge is 0.251 e. The Morgan fingerprint density at radius 3 is 2.27 bits per heavy atom. The Labute approximate surface area is 151 Å². The third-order valence-corrected chi connectivity index (χ3v) is 5.60. The van der Waals surface area contributed by atoms with Gasteiger partial charge in [0.25, 0.3) is 5.56 Å². The topological polar surface area (TPSA) is 79.7 Å². The maximum absolute atomic E-state index is 12.9. The summed E-state index contributed by atoms with van der Waals surface area (Å²) in [5, 5.41) is 0. The summed E-state index contributed by atoms with van der Waals surface area (Å²) in [6.07, 6.45) is 1.15. The molecule has 0 fully saturated rings. The van der Waals surface area contributed by atoms with E-state index in [2.05, 4.69) is 0 Å². The molecule has 0 aliphatic carbocycles. The van der Waals surface area contributed by atoms with Crippen molar-refractivity contribution in [3.05, 3.63) is 64.3 Å². The van der Waals surface area contributed by atoms with Gasteiger partial charge in [0.05, 0.1) is 4.90 Å². The molecular formula is C17H20FN3O4S. The lowest BCUT2D eigenvalue weighted by Crippen LogP contribution is -2.34. The first-order chi connectivity index (χ1) is 12.1. The first-order valence-electron chi connectivity index (χ1n) is 7.72. The van der Waals surface area contributed by atoms with E-state index in [-0.39, 0.29) is 29.7 Å². The Hall–Kier alpha value is -2.52. The number of pyridine rings is 1. The molecule has 0 atom stereocenters. The minimum absolute atomic E-state index is 0.0731. The van der Waals surface area contributed by atoms with Crippen LogP contribution in [-0.4, -0.2) is 49.2 Å². The zero-order valence-corrected chi connectivity index (χ0v) is 15.5. The number of carbonyl (C=O) groups is 1. The highest BCUT2D eigenvalue weighted by Crippen LogP contribution is 2.11. The molecule has 0 saturated heterocycles. The van der Waals surface area contributed by atoms with Gasteiger partial charge in [-0.05, 0) is 23.8 Å². The average molecular weight is 381 g/mol. The van der Waals surface area contributed by atoms with Crippen LogP contribution in [0.1, 0.15) is 5.56 Å². The van der Waals surface area contributed by atoms with Crippen molar-refractivity contribution in [1.82, 2.24) is 13.8 Å². The van der Waals surface area contributed by atoms with E-state index in [0.717, 1.165) is 26.7 Å². The van der Waals surface area contributed by atoms with Gasteiger partial charge in [0, 0.05) is 40.0 Å². The summed E-state index contributed by atoms with van der Waals surface area (Å²) in [5.41, 5.74) is 0.254. The molecule has 0 aliphatic heterocycles. The summed E-state index contributed by atoms with van der Waals surface area (Å²) in [5.74, 6) is -0.746. The Balaban J connectivity index is 2.18. The molecule has 7 nitrogen and oxygen atoms in total. The van der Waals surface area contributed by atoms with Crippen LogP contribution in [0.4, 0.5) is 4.39 Å². The van der Waals surface area contributed by atoms with Gasteiger partial charge >= 0.3 is 0 Å². The number of benzene rings is 1. The van der Waals surface area contributed by atoms with E-state index in [0.29, 0.717) is 0 Å². The summed E-state index contributed by atoms with van der Waals surface area (Å²) < 4.78 is 39.4. The lowest BCUT2D eigenvalue weighted by atomic mass is 10.2. The zero-order valence-electron chi connectivity index (χ0n) is 14.7. The van der Waals surface area contributed by atoms with E-state index in [4.69, 9.17) is 0 Å². The summed E-state index contributed by atoms with van der Waals surface area (Å²) in [7, 11) is 0.604. The van der Waals surface area contributed by atoms with Crippen LogP contribution in [0, 0.1) is 5.82 Å². The van der Waals surface area contributed by atoms with Gasteiger partial charge in [0.1, 0.15) is 12.4 Å². The molecule has 0 unspecified atom stereocenters. The van der Waals surface area contributed by atoms with Crippen LogP contribution in [0.25, 0.3) is 0 Å². The number of rotatable bonds is 6. The first kappa shape index (κ1) is 19.8. The summed E-state index contributed by atoms with van der Waals surface area (Å²) in [4.78, 5) is 25.6. The highest BCUT2D eigenvalue weighted by Gasteiger charge is 2.19. The molecule has 0 saturated carbocycles. The highest BCUT2D eigenvalue weighted by molar-refractivity contribution is 7.89. The second-order valence-corrected chi connectivity index (χ2v) is 8.15. The van der Waals surface area contributed by atoms with Gasteiger partial charge in [-0.1, -0.05) is 12.1 Å².